The molecular weight excluding hydrogens is 252 g/mol. The van der Waals surface area contributed by atoms with Crippen molar-refractivity contribution in [3.8, 4) is 0 Å². The average molecular weight is 269 g/mol. The van der Waals surface area contributed by atoms with Crippen LogP contribution in [0.4, 0.5) is 0 Å². The van der Waals surface area contributed by atoms with E-state index in [1.807, 2.05) is 6.07 Å². The highest BCUT2D eigenvalue weighted by Gasteiger charge is 2.40. The predicted molar refractivity (Wildman–Crippen MR) is 68.4 cm³/mol. The molecule has 1 spiro atoms. The number of halogens is 1. The van der Waals surface area contributed by atoms with Gasteiger partial charge in [0.05, 0.1) is 24.8 Å². The zero-order chi connectivity index (χ0) is 12.4. The lowest BCUT2D eigenvalue weighted by molar-refractivity contribution is -0.190. The van der Waals surface area contributed by atoms with Crippen molar-refractivity contribution in [3.63, 3.8) is 0 Å². The first-order valence-electron chi connectivity index (χ1n) is 6.36. The first kappa shape index (κ1) is 12.4. The van der Waals surface area contributed by atoms with Crippen LogP contribution in [0.3, 0.4) is 0 Å². The predicted octanol–water partition coefficient (Wildman–Crippen LogP) is 2.07. The third-order valence-electron chi connectivity index (χ3n) is 3.56. The fraction of sp³-hybridized carbons (Fsp3) is 0.615. The molecular formula is C13H17ClN2O2. The fourth-order valence-corrected chi connectivity index (χ4v) is 2.89. The van der Waals surface area contributed by atoms with Gasteiger partial charge in [-0.15, -0.1) is 0 Å². The van der Waals surface area contributed by atoms with E-state index in [1.165, 1.54) is 0 Å². The van der Waals surface area contributed by atoms with Crippen LogP contribution in [0.1, 0.15) is 18.4 Å². The molecule has 0 saturated carbocycles. The van der Waals surface area contributed by atoms with Crippen LogP contribution in [0.2, 0.25) is 5.02 Å². The SMILES string of the molecule is Clc1cnccc1CN1CCCC2(C1)OCCO2. The Balaban J connectivity index is 1.68. The third-order valence-corrected chi connectivity index (χ3v) is 3.90. The van der Waals surface area contributed by atoms with Crippen molar-refractivity contribution in [2.45, 2.75) is 25.2 Å². The van der Waals surface area contributed by atoms with E-state index in [0.29, 0.717) is 13.2 Å². The monoisotopic (exact) mass is 268 g/mol. The summed E-state index contributed by atoms with van der Waals surface area (Å²) in [6.45, 7) is 4.14. The van der Waals surface area contributed by atoms with Gasteiger partial charge in [0.2, 0.25) is 0 Å². The highest BCUT2D eigenvalue weighted by Crippen LogP contribution is 2.31. The summed E-state index contributed by atoms with van der Waals surface area (Å²) < 4.78 is 11.5. The van der Waals surface area contributed by atoms with Gasteiger partial charge in [0.1, 0.15) is 0 Å². The van der Waals surface area contributed by atoms with Gasteiger partial charge in [-0.1, -0.05) is 11.6 Å². The van der Waals surface area contributed by atoms with Crippen LogP contribution in [-0.4, -0.2) is 42.0 Å². The minimum absolute atomic E-state index is 0.363. The van der Waals surface area contributed by atoms with Crippen molar-refractivity contribution in [2.75, 3.05) is 26.3 Å². The molecule has 5 heteroatoms. The standard InChI is InChI=1S/C13H17ClN2O2/c14-12-8-15-4-2-11(12)9-16-5-1-3-13(10-16)17-6-7-18-13/h2,4,8H,1,3,5-7,9-10H2. The summed E-state index contributed by atoms with van der Waals surface area (Å²) >= 11 is 6.14. The normalized spacial score (nSPS) is 23.6. The summed E-state index contributed by atoms with van der Waals surface area (Å²) in [6, 6.07) is 1.97. The van der Waals surface area contributed by atoms with Crippen LogP contribution in [0.5, 0.6) is 0 Å². The summed E-state index contributed by atoms with van der Waals surface area (Å²) in [6.07, 6.45) is 5.57. The second kappa shape index (κ2) is 5.13. The van der Waals surface area contributed by atoms with Gasteiger partial charge in [-0.05, 0) is 24.6 Å². The largest absolute Gasteiger partial charge is 0.346 e. The lowest BCUT2D eigenvalue weighted by Crippen LogP contribution is -2.48. The van der Waals surface area contributed by atoms with Crippen molar-refractivity contribution >= 4 is 11.6 Å². The van der Waals surface area contributed by atoms with Gasteiger partial charge < -0.3 is 9.47 Å². The van der Waals surface area contributed by atoms with Gasteiger partial charge in [-0.2, -0.15) is 0 Å². The van der Waals surface area contributed by atoms with E-state index in [4.69, 9.17) is 21.1 Å². The Morgan fingerprint density at radius 2 is 2.22 bits per heavy atom. The lowest BCUT2D eigenvalue weighted by atomic mass is 10.0. The molecule has 0 atom stereocenters. The molecule has 18 heavy (non-hydrogen) atoms. The van der Waals surface area contributed by atoms with E-state index < -0.39 is 0 Å². The molecule has 2 aliphatic rings. The van der Waals surface area contributed by atoms with Crippen LogP contribution in [0, 0.1) is 0 Å². The number of likely N-dealkylation sites (tertiary alicyclic amines) is 1. The van der Waals surface area contributed by atoms with Crippen molar-refractivity contribution in [1.82, 2.24) is 9.88 Å². The van der Waals surface area contributed by atoms with Crippen molar-refractivity contribution < 1.29 is 9.47 Å². The molecule has 2 fully saturated rings. The molecule has 1 aromatic rings. The maximum Gasteiger partial charge on any atom is 0.181 e. The molecule has 4 nitrogen and oxygen atoms in total. The molecule has 3 heterocycles. The van der Waals surface area contributed by atoms with Gasteiger partial charge in [0.15, 0.2) is 5.79 Å². The third kappa shape index (κ3) is 2.52. The Morgan fingerprint density at radius 3 is 3.00 bits per heavy atom. The Bertz CT molecular complexity index is 421. The molecule has 98 valence electrons. The lowest BCUT2D eigenvalue weighted by Gasteiger charge is -2.38. The zero-order valence-electron chi connectivity index (χ0n) is 10.3. The van der Waals surface area contributed by atoms with Crippen LogP contribution < -0.4 is 0 Å². The van der Waals surface area contributed by atoms with Crippen LogP contribution in [-0.2, 0) is 16.0 Å². The highest BCUT2D eigenvalue weighted by atomic mass is 35.5. The molecule has 0 N–H and O–H groups in total. The van der Waals surface area contributed by atoms with Gasteiger partial charge >= 0.3 is 0 Å². The van der Waals surface area contributed by atoms with Crippen molar-refractivity contribution in [2.24, 2.45) is 0 Å². The molecule has 2 aliphatic heterocycles. The van der Waals surface area contributed by atoms with Gasteiger partial charge in [-0.3, -0.25) is 9.88 Å². The van der Waals surface area contributed by atoms with Gasteiger partial charge in [0.25, 0.3) is 0 Å². The number of hydrogen-bond donors (Lipinski definition) is 0. The second-order valence-corrected chi connectivity index (χ2v) is 5.30. The van der Waals surface area contributed by atoms with Gasteiger partial charge in [-0.25, -0.2) is 0 Å². The molecule has 0 unspecified atom stereocenters. The zero-order valence-corrected chi connectivity index (χ0v) is 11.0. The Labute approximate surface area is 112 Å². The minimum Gasteiger partial charge on any atom is -0.346 e. The number of hydrogen-bond acceptors (Lipinski definition) is 4. The average Bonchev–Trinajstić information content (AvgIpc) is 2.80. The molecule has 0 amide bonds. The summed E-state index contributed by atoms with van der Waals surface area (Å²) in [5.41, 5.74) is 1.11. The number of rotatable bonds is 2. The van der Waals surface area contributed by atoms with Crippen LogP contribution in [0.25, 0.3) is 0 Å². The molecule has 3 rings (SSSR count). The van der Waals surface area contributed by atoms with E-state index in [2.05, 4.69) is 9.88 Å². The van der Waals surface area contributed by atoms with Gasteiger partial charge in [0, 0.05) is 25.4 Å². The Hall–Kier alpha value is -0.680. The smallest absolute Gasteiger partial charge is 0.181 e. The molecule has 0 aromatic carbocycles. The Morgan fingerprint density at radius 1 is 1.39 bits per heavy atom. The molecule has 0 aliphatic carbocycles. The summed E-state index contributed by atoms with van der Waals surface area (Å²) in [5.74, 6) is -0.363. The second-order valence-electron chi connectivity index (χ2n) is 4.89. The number of piperidine rings is 1. The van der Waals surface area contributed by atoms with E-state index in [0.717, 1.165) is 43.1 Å². The minimum atomic E-state index is -0.363. The maximum atomic E-state index is 6.14. The fourth-order valence-electron chi connectivity index (χ4n) is 2.71. The maximum absolute atomic E-state index is 6.14. The Kier molecular flexibility index (Phi) is 3.52. The van der Waals surface area contributed by atoms with E-state index >= 15 is 0 Å². The summed E-state index contributed by atoms with van der Waals surface area (Å²) in [5, 5.41) is 0.727. The first-order chi connectivity index (χ1) is 8.77. The van der Waals surface area contributed by atoms with Crippen molar-refractivity contribution in [1.29, 1.82) is 0 Å². The highest BCUT2D eigenvalue weighted by molar-refractivity contribution is 6.31. The number of ether oxygens (including phenoxy) is 2. The topological polar surface area (TPSA) is 34.6 Å². The molecule has 2 saturated heterocycles. The van der Waals surface area contributed by atoms with Crippen LogP contribution >= 0.6 is 11.6 Å². The van der Waals surface area contributed by atoms with Crippen molar-refractivity contribution in [3.05, 3.63) is 29.0 Å². The quantitative estimate of drug-likeness (QED) is 0.823. The molecule has 1 aromatic heterocycles. The molecule has 0 bridgehead atoms. The number of aromatic nitrogens is 1. The molecule has 0 radical (unpaired) electrons. The van der Waals surface area contributed by atoms with E-state index in [9.17, 15) is 0 Å². The van der Waals surface area contributed by atoms with E-state index in [1.54, 1.807) is 12.4 Å². The summed E-state index contributed by atoms with van der Waals surface area (Å²) in [4.78, 5) is 6.35. The number of nitrogens with zero attached hydrogens (tertiary/aromatic N) is 2. The summed E-state index contributed by atoms with van der Waals surface area (Å²) in [7, 11) is 0. The number of pyridine rings is 1. The first-order valence-corrected chi connectivity index (χ1v) is 6.74. The van der Waals surface area contributed by atoms with Crippen LogP contribution in [0.15, 0.2) is 18.5 Å². The van der Waals surface area contributed by atoms with E-state index in [-0.39, 0.29) is 5.79 Å².